The highest BCUT2D eigenvalue weighted by molar-refractivity contribution is 5.97. The maximum atomic E-state index is 12.7. The number of nitrogens with zero attached hydrogens (tertiary/aromatic N) is 1. The van der Waals surface area contributed by atoms with Crippen LogP contribution in [0.1, 0.15) is 33.1 Å². The van der Waals surface area contributed by atoms with Crippen molar-refractivity contribution in [3.8, 4) is 0 Å². The van der Waals surface area contributed by atoms with Gasteiger partial charge in [-0.25, -0.2) is 0 Å². The molecular weight excluding hydrogens is 256 g/mol. The average Bonchev–Trinajstić information content (AvgIpc) is 3.09. The molecule has 5 nitrogen and oxygen atoms in total. The Balaban J connectivity index is 1.78. The number of rotatable bonds is 4. The molecule has 0 bridgehead atoms. The van der Waals surface area contributed by atoms with E-state index in [4.69, 9.17) is 4.74 Å². The number of ether oxygens (including phenoxy) is 1. The van der Waals surface area contributed by atoms with Crippen molar-refractivity contribution in [2.75, 3.05) is 19.8 Å². The van der Waals surface area contributed by atoms with Crippen molar-refractivity contribution in [2.24, 2.45) is 17.8 Å². The fourth-order valence-corrected chi connectivity index (χ4v) is 3.30. The van der Waals surface area contributed by atoms with Crippen LogP contribution in [0.25, 0.3) is 0 Å². The van der Waals surface area contributed by atoms with Crippen molar-refractivity contribution in [2.45, 2.75) is 45.2 Å². The molecule has 0 aromatic rings. The second-order valence-corrected chi connectivity index (χ2v) is 6.73. The van der Waals surface area contributed by atoms with Crippen LogP contribution < -0.4 is 5.32 Å². The monoisotopic (exact) mass is 280 g/mol. The van der Waals surface area contributed by atoms with Crippen LogP contribution >= 0.6 is 0 Å². The Morgan fingerprint density at radius 3 is 2.60 bits per heavy atom. The van der Waals surface area contributed by atoms with E-state index >= 15 is 0 Å². The van der Waals surface area contributed by atoms with Crippen molar-refractivity contribution in [1.29, 1.82) is 0 Å². The van der Waals surface area contributed by atoms with Gasteiger partial charge in [-0.05, 0) is 31.1 Å². The number of hydrogen-bond acceptors (Lipinski definition) is 3. The zero-order valence-corrected chi connectivity index (χ0v) is 12.3. The van der Waals surface area contributed by atoms with E-state index in [1.165, 1.54) is 0 Å². The highest BCUT2D eigenvalue weighted by Gasteiger charge is 2.48. The van der Waals surface area contributed by atoms with E-state index in [2.05, 4.69) is 5.32 Å². The Labute approximate surface area is 120 Å². The SMILES string of the molecule is CC(C)C1NC(=O)C(C2CC2)N(CC2CCOC2)C1=O. The number of nitrogens with one attached hydrogen (secondary N) is 1. The number of hydrogen-bond donors (Lipinski definition) is 1. The first-order chi connectivity index (χ1) is 9.58. The van der Waals surface area contributed by atoms with E-state index in [1.54, 1.807) is 0 Å². The molecule has 0 radical (unpaired) electrons. The van der Waals surface area contributed by atoms with Gasteiger partial charge in [-0.3, -0.25) is 9.59 Å². The van der Waals surface area contributed by atoms with Gasteiger partial charge in [-0.15, -0.1) is 0 Å². The number of carbonyl (C=O) groups is 2. The predicted octanol–water partition coefficient (Wildman–Crippen LogP) is 0.784. The smallest absolute Gasteiger partial charge is 0.246 e. The third-order valence-electron chi connectivity index (χ3n) is 4.67. The largest absolute Gasteiger partial charge is 0.381 e. The van der Waals surface area contributed by atoms with Crippen molar-refractivity contribution in [3.05, 3.63) is 0 Å². The van der Waals surface area contributed by atoms with Crippen LogP contribution in [0, 0.1) is 17.8 Å². The standard InChI is InChI=1S/C15H24N2O3/c1-9(2)12-15(19)17(7-10-5-6-20-8-10)13(11-3-4-11)14(18)16-12/h9-13H,3-8H2,1-2H3,(H,16,18). The molecule has 1 aliphatic carbocycles. The van der Waals surface area contributed by atoms with E-state index in [9.17, 15) is 9.59 Å². The summed E-state index contributed by atoms with van der Waals surface area (Å²) >= 11 is 0. The summed E-state index contributed by atoms with van der Waals surface area (Å²) in [4.78, 5) is 27.0. The van der Waals surface area contributed by atoms with Gasteiger partial charge in [-0.1, -0.05) is 13.8 Å². The molecule has 1 saturated carbocycles. The Morgan fingerprint density at radius 1 is 1.30 bits per heavy atom. The van der Waals surface area contributed by atoms with Crippen LogP contribution in [-0.2, 0) is 14.3 Å². The summed E-state index contributed by atoms with van der Waals surface area (Å²) in [7, 11) is 0. The average molecular weight is 280 g/mol. The maximum absolute atomic E-state index is 12.7. The molecule has 2 saturated heterocycles. The fraction of sp³-hybridized carbons (Fsp3) is 0.867. The normalized spacial score (nSPS) is 34.8. The van der Waals surface area contributed by atoms with Gasteiger partial charge in [0, 0.05) is 19.1 Å². The Morgan fingerprint density at radius 2 is 2.05 bits per heavy atom. The number of amides is 2. The van der Waals surface area contributed by atoms with Crippen LogP contribution in [0.2, 0.25) is 0 Å². The first kappa shape index (κ1) is 13.9. The van der Waals surface area contributed by atoms with Gasteiger partial charge in [-0.2, -0.15) is 0 Å². The van der Waals surface area contributed by atoms with E-state index in [0.29, 0.717) is 18.4 Å². The van der Waals surface area contributed by atoms with Crippen molar-refractivity contribution >= 4 is 11.8 Å². The van der Waals surface area contributed by atoms with Crippen molar-refractivity contribution < 1.29 is 14.3 Å². The zero-order chi connectivity index (χ0) is 14.3. The summed E-state index contributed by atoms with van der Waals surface area (Å²) in [5.74, 6) is 1.04. The fourth-order valence-electron chi connectivity index (χ4n) is 3.30. The predicted molar refractivity (Wildman–Crippen MR) is 73.9 cm³/mol. The summed E-state index contributed by atoms with van der Waals surface area (Å²) < 4.78 is 5.41. The molecule has 0 aromatic carbocycles. The minimum atomic E-state index is -0.361. The third kappa shape index (κ3) is 2.55. The molecule has 5 heteroatoms. The molecule has 3 unspecified atom stereocenters. The Kier molecular flexibility index (Phi) is 3.71. The highest BCUT2D eigenvalue weighted by atomic mass is 16.5. The van der Waals surface area contributed by atoms with Gasteiger partial charge in [0.25, 0.3) is 0 Å². The van der Waals surface area contributed by atoms with Gasteiger partial charge in [0.1, 0.15) is 12.1 Å². The summed E-state index contributed by atoms with van der Waals surface area (Å²) in [6, 6.07) is -0.599. The molecule has 2 aliphatic heterocycles. The summed E-state index contributed by atoms with van der Waals surface area (Å²) in [6.07, 6.45) is 3.12. The van der Waals surface area contributed by atoms with E-state index in [0.717, 1.165) is 32.5 Å². The van der Waals surface area contributed by atoms with E-state index in [1.807, 2.05) is 18.7 Å². The lowest BCUT2D eigenvalue weighted by Gasteiger charge is -2.41. The van der Waals surface area contributed by atoms with E-state index in [-0.39, 0.29) is 29.8 Å². The van der Waals surface area contributed by atoms with Crippen LogP contribution in [0.5, 0.6) is 0 Å². The topological polar surface area (TPSA) is 58.6 Å². The molecule has 0 spiro atoms. The number of piperazine rings is 1. The first-order valence-electron chi connectivity index (χ1n) is 7.76. The van der Waals surface area contributed by atoms with Crippen LogP contribution in [-0.4, -0.2) is 48.6 Å². The van der Waals surface area contributed by atoms with Gasteiger partial charge >= 0.3 is 0 Å². The Hall–Kier alpha value is -1.10. The second kappa shape index (κ2) is 5.35. The minimum Gasteiger partial charge on any atom is -0.381 e. The lowest BCUT2D eigenvalue weighted by molar-refractivity contribution is -0.152. The summed E-state index contributed by atoms with van der Waals surface area (Å²) in [5, 5.41) is 2.93. The summed E-state index contributed by atoms with van der Waals surface area (Å²) in [5.41, 5.74) is 0. The van der Waals surface area contributed by atoms with Crippen LogP contribution in [0.3, 0.4) is 0 Å². The zero-order valence-electron chi connectivity index (χ0n) is 12.3. The molecule has 2 amide bonds. The molecule has 3 aliphatic rings. The third-order valence-corrected chi connectivity index (χ3v) is 4.67. The maximum Gasteiger partial charge on any atom is 0.246 e. The molecule has 3 rings (SSSR count). The lowest BCUT2D eigenvalue weighted by Crippen LogP contribution is -2.66. The molecule has 0 aromatic heterocycles. The molecule has 3 fully saturated rings. The van der Waals surface area contributed by atoms with Gasteiger partial charge in [0.2, 0.25) is 11.8 Å². The highest BCUT2D eigenvalue weighted by Crippen LogP contribution is 2.38. The molecular formula is C15H24N2O3. The first-order valence-corrected chi connectivity index (χ1v) is 7.76. The van der Waals surface area contributed by atoms with Gasteiger partial charge in [0.15, 0.2) is 0 Å². The molecule has 2 heterocycles. The summed E-state index contributed by atoms with van der Waals surface area (Å²) in [6.45, 7) is 6.14. The molecule has 3 atom stereocenters. The van der Waals surface area contributed by atoms with E-state index < -0.39 is 0 Å². The quantitative estimate of drug-likeness (QED) is 0.828. The molecule has 112 valence electrons. The van der Waals surface area contributed by atoms with Crippen LogP contribution in [0.4, 0.5) is 0 Å². The minimum absolute atomic E-state index is 0.0460. The molecule has 20 heavy (non-hydrogen) atoms. The molecule has 1 N–H and O–H groups in total. The van der Waals surface area contributed by atoms with Gasteiger partial charge < -0.3 is 15.0 Å². The Bertz CT molecular complexity index is 400. The number of carbonyl (C=O) groups excluding carboxylic acids is 2. The van der Waals surface area contributed by atoms with Crippen molar-refractivity contribution in [3.63, 3.8) is 0 Å². The van der Waals surface area contributed by atoms with Gasteiger partial charge in [0.05, 0.1) is 6.61 Å². The lowest BCUT2D eigenvalue weighted by atomic mass is 9.94. The second-order valence-electron chi connectivity index (χ2n) is 6.73. The van der Waals surface area contributed by atoms with Crippen LogP contribution in [0.15, 0.2) is 0 Å². The van der Waals surface area contributed by atoms with Crippen molar-refractivity contribution in [1.82, 2.24) is 10.2 Å².